The van der Waals surface area contributed by atoms with Crippen molar-refractivity contribution in [1.29, 1.82) is 0 Å². The third-order valence-electron chi connectivity index (χ3n) is 4.42. The van der Waals surface area contributed by atoms with E-state index in [4.69, 9.17) is 0 Å². The van der Waals surface area contributed by atoms with Gasteiger partial charge in [-0.2, -0.15) is 0 Å². The molecule has 0 saturated carbocycles. The fraction of sp³-hybridized carbons (Fsp3) is 0.600. The summed E-state index contributed by atoms with van der Waals surface area (Å²) in [4.78, 5) is 2.50. The van der Waals surface area contributed by atoms with Crippen LogP contribution in [0.3, 0.4) is 0 Å². The van der Waals surface area contributed by atoms with Crippen molar-refractivity contribution in [2.24, 2.45) is 0 Å². The Hall–Kier alpha value is -0.910. The molecule has 20 heavy (non-hydrogen) atoms. The van der Waals surface area contributed by atoms with E-state index in [-0.39, 0.29) is 6.04 Å². The SMILES string of the molecule is Cc1ccc2c(c1)C1CC(NS(C)(=O)=O)CCN1CC2. The van der Waals surface area contributed by atoms with Gasteiger partial charge in [0, 0.05) is 25.2 Å². The van der Waals surface area contributed by atoms with Crippen molar-refractivity contribution in [3.8, 4) is 0 Å². The van der Waals surface area contributed by atoms with E-state index >= 15 is 0 Å². The lowest BCUT2D eigenvalue weighted by molar-refractivity contribution is 0.122. The van der Waals surface area contributed by atoms with Crippen molar-refractivity contribution in [3.63, 3.8) is 0 Å². The summed E-state index contributed by atoms with van der Waals surface area (Å²) in [6.45, 7) is 4.19. The van der Waals surface area contributed by atoms with Crippen molar-refractivity contribution in [2.45, 2.75) is 38.3 Å². The van der Waals surface area contributed by atoms with E-state index in [1.165, 1.54) is 22.9 Å². The number of fused-ring (bicyclic) bond motifs is 3. The minimum Gasteiger partial charge on any atom is -0.296 e. The zero-order valence-corrected chi connectivity index (χ0v) is 12.9. The van der Waals surface area contributed by atoms with E-state index in [1.807, 2.05) is 0 Å². The standard InChI is InChI=1S/C15H22N2O2S/c1-11-3-4-12-5-7-17-8-6-13(16-20(2,18)19)10-15(17)14(12)9-11/h3-4,9,13,15-16H,5-8,10H2,1-2H3. The normalized spacial score (nSPS) is 26.9. The van der Waals surface area contributed by atoms with Gasteiger partial charge in [0.15, 0.2) is 0 Å². The summed E-state index contributed by atoms with van der Waals surface area (Å²) in [6.07, 6.45) is 4.14. The number of piperidine rings is 1. The summed E-state index contributed by atoms with van der Waals surface area (Å²) < 4.78 is 25.7. The van der Waals surface area contributed by atoms with Crippen molar-refractivity contribution in [1.82, 2.24) is 9.62 Å². The Labute approximate surface area is 121 Å². The molecule has 110 valence electrons. The predicted octanol–water partition coefficient (Wildman–Crippen LogP) is 1.61. The maximum atomic E-state index is 11.4. The average Bonchev–Trinajstić information content (AvgIpc) is 2.36. The Morgan fingerprint density at radius 2 is 2.10 bits per heavy atom. The summed E-state index contributed by atoms with van der Waals surface area (Å²) in [5.74, 6) is 0. The zero-order valence-electron chi connectivity index (χ0n) is 12.1. The molecule has 1 aromatic carbocycles. The van der Waals surface area contributed by atoms with Crippen molar-refractivity contribution < 1.29 is 8.42 Å². The van der Waals surface area contributed by atoms with Crippen LogP contribution in [0, 0.1) is 6.92 Å². The highest BCUT2D eigenvalue weighted by molar-refractivity contribution is 7.88. The summed E-state index contributed by atoms with van der Waals surface area (Å²) in [7, 11) is -3.12. The first kappa shape index (κ1) is 14.0. The fourth-order valence-electron chi connectivity index (χ4n) is 3.53. The van der Waals surface area contributed by atoms with Gasteiger partial charge in [-0.3, -0.25) is 4.90 Å². The molecule has 1 aromatic rings. The van der Waals surface area contributed by atoms with Crippen LogP contribution in [0.15, 0.2) is 18.2 Å². The van der Waals surface area contributed by atoms with E-state index < -0.39 is 10.0 Å². The molecule has 4 nitrogen and oxygen atoms in total. The molecule has 0 amide bonds. The molecule has 2 aliphatic heterocycles. The number of sulfonamides is 1. The molecule has 3 rings (SSSR count). The Morgan fingerprint density at radius 1 is 1.30 bits per heavy atom. The van der Waals surface area contributed by atoms with E-state index in [0.29, 0.717) is 6.04 Å². The second-order valence-corrected chi connectivity index (χ2v) is 7.90. The van der Waals surface area contributed by atoms with Gasteiger partial charge < -0.3 is 0 Å². The third kappa shape index (κ3) is 2.90. The molecule has 5 heteroatoms. The van der Waals surface area contributed by atoms with Gasteiger partial charge in [0.05, 0.1) is 6.26 Å². The molecule has 0 spiro atoms. The molecule has 2 aliphatic rings. The molecule has 1 fully saturated rings. The highest BCUT2D eigenvalue weighted by Gasteiger charge is 2.34. The number of aryl methyl sites for hydroxylation is 1. The van der Waals surface area contributed by atoms with Gasteiger partial charge in [0.2, 0.25) is 10.0 Å². The van der Waals surface area contributed by atoms with Crippen molar-refractivity contribution >= 4 is 10.0 Å². The Balaban J connectivity index is 1.85. The second kappa shape index (κ2) is 5.13. The third-order valence-corrected chi connectivity index (χ3v) is 5.18. The molecule has 0 aliphatic carbocycles. The molecule has 1 N–H and O–H groups in total. The largest absolute Gasteiger partial charge is 0.296 e. The summed E-state index contributed by atoms with van der Waals surface area (Å²) in [6, 6.07) is 7.11. The van der Waals surface area contributed by atoms with Gasteiger partial charge in [0.25, 0.3) is 0 Å². The van der Waals surface area contributed by atoms with Crippen LogP contribution < -0.4 is 4.72 Å². The number of rotatable bonds is 2. The van der Waals surface area contributed by atoms with Crippen molar-refractivity contribution in [2.75, 3.05) is 19.3 Å². The molecule has 1 saturated heterocycles. The fourth-order valence-corrected chi connectivity index (χ4v) is 4.35. The average molecular weight is 294 g/mol. The number of benzene rings is 1. The van der Waals surface area contributed by atoms with Crippen LogP contribution >= 0.6 is 0 Å². The van der Waals surface area contributed by atoms with E-state index in [9.17, 15) is 8.42 Å². The summed E-state index contributed by atoms with van der Waals surface area (Å²) >= 11 is 0. The highest BCUT2D eigenvalue weighted by atomic mass is 32.2. The lowest BCUT2D eigenvalue weighted by Crippen LogP contribution is -2.48. The molecular weight excluding hydrogens is 272 g/mol. The van der Waals surface area contributed by atoms with Crippen LogP contribution in [-0.2, 0) is 16.4 Å². The monoisotopic (exact) mass is 294 g/mol. The molecular formula is C15H22N2O2S. The van der Waals surface area contributed by atoms with E-state index in [1.54, 1.807) is 0 Å². The Morgan fingerprint density at radius 3 is 2.85 bits per heavy atom. The minimum absolute atomic E-state index is 0.0673. The van der Waals surface area contributed by atoms with Gasteiger partial charge in [-0.05, 0) is 37.3 Å². The van der Waals surface area contributed by atoms with Crippen LogP contribution in [-0.4, -0.2) is 38.7 Å². The number of nitrogens with zero attached hydrogens (tertiary/aromatic N) is 1. The topological polar surface area (TPSA) is 49.4 Å². The van der Waals surface area contributed by atoms with Crippen LogP contribution in [0.1, 0.15) is 35.6 Å². The first-order valence-electron chi connectivity index (χ1n) is 7.23. The van der Waals surface area contributed by atoms with Gasteiger partial charge in [-0.25, -0.2) is 13.1 Å². The molecule has 0 radical (unpaired) electrons. The minimum atomic E-state index is -3.12. The van der Waals surface area contributed by atoms with Gasteiger partial charge in [-0.15, -0.1) is 0 Å². The van der Waals surface area contributed by atoms with Gasteiger partial charge >= 0.3 is 0 Å². The van der Waals surface area contributed by atoms with E-state index in [2.05, 4.69) is 34.7 Å². The van der Waals surface area contributed by atoms with Crippen LogP contribution in [0.25, 0.3) is 0 Å². The Kier molecular flexibility index (Phi) is 3.60. The van der Waals surface area contributed by atoms with Crippen LogP contribution in [0.2, 0.25) is 0 Å². The highest BCUT2D eigenvalue weighted by Crippen LogP contribution is 2.37. The van der Waals surface area contributed by atoms with Gasteiger partial charge in [-0.1, -0.05) is 23.8 Å². The van der Waals surface area contributed by atoms with Gasteiger partial charge in [0.1, 0.15) is 0 Å². The maximum Gasteiger partial charge on any atom is 0.208 e. The molecule has 2 atom stereocenters. The summed E-state index contributed by atoms with van der Waals surface area (Å²) in [5.41, 5.74) is 4.11. The van der Waals surface area contributed by atoms with E-state index in [0.717, 1.165) is 32.4 Å². The lowest BCUT2D eigenvalue weighted by atomic mass is 9.84. The number of nitrogens with one attached hydrogen (secondary N) is 1. The zero-order chi connectivity index (χ0) is 14.3. The number of hydrogen-bond donors (Lipinski definition) is 1. The molecule has 0 bridgehead atoms. The molecule has 2 heterocycles. The smallest absolute Gasteiger partial charge is 0.208 e. The first-order valence-corrected chi connectivity index (χ1v) is 9.12. The van der Waals surface area contributed by atoms with Crippen LogP contribution in [0.4, 0.5) is 0 Å². The number of hydrogen-bond acceptors (Lipinski definition) is 3. The van der Waals surface area contributed by atoms with Crippen LogP contribution in [0.5, 0.6) is 0 Å². The lowest BCUT2D eigenvalue weighted by Gasteiger charge is -2.43. The second-order valence-electron chi connectivity index (χ2n) is 6.12. The summed E-state index contributed by atoms with van der Waals surface area (Å²) in [5, 5.41) is 0. The maximum absolute atomic E-state index is 11.4. The molecule has 2 unspecified atom stereocenters. The Bertz CT molecular complexity index is 612. The molecule has 0 aromatic heterocycles. The van der Waals surface area contributed by atoms with Crippen molar-refractivity contribution in [3.05, 3.63) is 34.9 Å². The quantitative estimate of drug-likeness (QED) is 0.901. The first-order chi connectivity index (χ1) is 9.42. The predicted molar refractivity (Wildman–Crippen MR) is 80.2 cm³/mol.